The van der Waals surface area contributed by atoms with Gasteiger partial charge in [-0.05, 0) is 37.5 Å². The van der Waals surface area contributed by atoms with Gasteiger partial charge in [-0.3, -0.25) is 14.4 Å². The number of aryl methyl sites for hydroxylation is 1. The minimum atomic E-state index is -0.460. The maximum Gasteiger partial charge on any atom is 0.253 e. The molecule has 1 heterocycles. The number of benzene rings is 2. The monoisotopic (exact) mass is 423 g/mol. The molecular weight excluding hydrogens is 394 g/mol. The molecule has 1 aliphatic heterocycles. The molecule has 31 heavy (non-hydrogen) atoms. The van der Waals surface area contributed by atoms with Crippen LogP contribution in [0.25, 0.3) is 0 Å². The molecule has 0 aliphatic carbocycles. The van der Waals surface area contributed by atoms with Crippen molar-refractivity contribution in [2.75, 3.05) is 18.5 Å². The van der Waals surface area contributed by atoms with Gasteiger partial charge < -0.3 is 20.7 Å². The molecule has 1 saturated heterocycles. The summed E-state index contributed by atoms with van der Waals surface area (Å²) in [6, 6.07) is 14.1. The average Bonchev–Trinajstić information content (AvgIpc) is 3.26. The highest BCUT2D eigenvalue weighted by Crippen LogP contribution is 2.21. The van der Waals surface area contributed by atoms with E-state index in [4.69, 9.17) is 4.74 Å². The summed E-state index contributed by atoms with van der Waals surface area (Å²) in [5.41, 5.74) is 2.76. The molecule has 3 N–H and O–H groups in total. The van der Waals surface area contributed by atoms with Gasteiger partial charge in [-0.15, -0.1) is 0 Å². The molecule has 3 rings (SSSR count). The molecule has 2 unspecified atom stereocenters. The van der Waals surface area contributed by atoms with Gasteiger partial charge in [-0.1, -0.05) is 42.0 Å². The van der Waals surface area contributed by atoms with Gasteiger partial charge in [0.2, 0.25) is 11.8 Å². The van der Waals surface area contributed by atoms with E-state index < -0.39 is 6.04 Å². The van der Waals surface area contributed by atoms with E-state index in [0.717, 1.165) is 30.6 Å². The number of hydrogen-bond donors (Lipinski definition) is 3. The average molecular weight is 424 g/mol. The van der Waals surface area contributed by atoms with Gasteiger partial charge >= 0.3 is 0 Å². The lowest BCUT2D eigenvalue weighted by Crippen LogP contribution is -2.33. The summed E-state index contributed by atoms with van der Waals surface area (Å²) in [6.07, 6.45) is 2.03. The van der Waals surface area contributed by atoms with Crippen LogP contribution >= 0.6 is 0 Å². The standard InChI is InChI=1S/C24H29N3O4/c1-16-9-11-18(12-10-16)22(26-17(2)28)14-23(29)27-21-8-4-3-7-20(21)24(30)25-15-19-6-5-13-31-19/h3-4,7-12,19,22H,5-6,13-15H2,1-2H3,(H,25,30)(H,26,28)(H,27,29). The number of anilines is 1. The fourth-order valence-corrected chi connectivity index (χ4v) is 3.58. The maximum absolute atomic E-state index is 12.8. The normalized spacial score (nSPS) is 16.4. The molecule has 2 aromatic carbocycles. The van der Waals surface area contributed by atoms with Crippen LogP contribution in [0, 0.1) is 6.92 Å². The Balaban J connectivity index is 1.66. The Labute approximate surface area is 182 Å². The van der Waals surface area contributed by atoms with Gasteiger partial charge in [0.05, 0.1) is 29.8 Å². The highest BCUT2D eigenvalue weighted by molar-refractivity contribution is 6.03. The van der Waals surface area contributed by atoms with E-state index in [9.17, 15) is 14.4 Å². The summed E-state index contributed by atoms with van der Waals surface area (Å²) in [7, 11) is 0. The molecule has 0 aromatic heterocycles. The van der Waals surface area contributed by atoms with E-state index in [1.54, 1.807) is 24.3 Å². The van der Waals surface area contributed by atoms with E-state index in [-0.39, 0.29) is 30.2 Å². The molecule has 7 heteroatoms. The van der Waals surface area contributed by atoms with Crippen molar-refractivity contribution in [2.24, 2.45) is 0 Å². The van der Waals surface area contributed by atoms with Crippen molar-refractivity contribution in [3.63, 3.8) is 0 Å². The fourth-order valence-electron chi connectivity index (χ4n) is 3.58. The quantitative estimate of drug-likeness (QED) is 0.608. The number of ether oxygens (including phenoxy) is 1. The Bertz CT molecular complexity index is 921. The third kappa shape index (κ3) is 6.65. The van der Waals surface area contributed by atoms with E-state index in [1.807, 2.05) is 31.2 Å². The second kappa shape index (κ2) is 10.7. The zero-order chi connectivity index (χ0) is 22.2. The molecular formula is C24H29N3O4. The number of amides is 3. The van der Waals surface area contributed by atoms with Crippen molar-refractivity contribution in [3.8, 4) is 0 Å². The first-order valence-corrected chi connectivity index (χ1v) is 10.5. The third-order valence-corrected chi connectivity index (χ3v) is 5.21. The first-order chi connectivity index (χ1) is 14.9. The maximum atomic E-state index is 12.8. The lowest BCUT2D eigenvalue weighted by atomic mass is 10.0. The van der Waals surface area contributed by atoms with Gasteiger partial charge in [0, 0.05) is 20.1 Å². The Kier molecular flexibility index (Phi) is 7.78. The molecule has 0 spiro atoms. The molecule has 0 saturated carbocycles. The van der Waals surface area contributed by atoms with Crippen LogP contribution in [0.1, 0.15) is 53.7 Å². The van der Waals surface area contributed by atoms with Gasteiger partial charge in [0.15, 0.2) is 0 Å². The molecule has 3 amide bonds. The van der Waals surface area contributed by atoms with Crippen molar-refractivity contribution >= 4 is 23.4 Å². The summed E-state index contributed by atoms with van der Waals surface area (Å²) < 4.78 is 5.54. The zero-order valence-corrected chi connectivity index (χ0v) is 17.9. The molecule has 1 fully saturated rings. The van der Waals surface area contributed by atoms with Gasteiger partial charge in [-0.2, -0.15) is 0 Å². The molecule has 1 aliphatic rings. The number of carbonyl (C=O) groups excluding carboxylic acids is 3. The molecule has 7 nitrogen and oxygen atoms in total. The topological polar surface area (TPSA) is 96.5 Å². The first kappa shape index (κ1) is 22.5. The van der Waals surface area contributed by atoms with Gasteiger partial charge in [0.1, 0.15) is 0 Å². The molecule has 0 radical (unpaired) electrons. The van der Waals surface area contributed by atoms with E-state index in [0.29, 0.717) is 17.8 Å². The van der Waals surface area contributed by atoms with Gasteiger partial charge in [0.25, 0.3) is 5.91 Å². The number of para-hydroxylation sites is 1. The second-order valence-electron chi connectivity index (χ2n) is 7.81. The van der Waals surface area contributed by atoms with E-state index in [2.05, 4.69) is 16.0 Å². The SMILES string of the molecule is CC(=O)NC(CC(=O)Nc1ccccc1C(=O)NCC1CCCO1)c1ccc(C)cc1. The number of hydrogen-bond acceptors (Lipinski definition) is 4. The number of nitrogens with one attached hydrogen (secondary N) is 3. The van der Waals surface area contributed by atoms with E-state index in [1.165, 1.54) is 6.92 Å². The Hall–Kier alpha value is -3.19. The number of carbonyl (C=O) groups is 3. The van der Waals surface area contributed by atoms with E-state index >= 15 is 0 Å². The summed E-state index contributed by atoms with van der Waals surface area (Å²) in [5.74, 6) is -0.769. The predicted octanol–water partition coefficient (Wildman–Crippen LogP) is 3.11. The minimum Gasteiger partial charge on any atom is -0.376 e. The third-order valence-electron chi connectivity index (χ3n) is 5.21. The number of rotatable bonds is 8. The highest BCUT2D eigenvalue weighted by atomic mass is 16.5. The van der Waals surface area contributed by atoms with Crippen LogP contribution in [0.4, 0.5) is 5.69 Å². The van der Waals surface area contributed by atoms with Crippen LogP contribution in [-0.4, -0.2) is 37.0 Å². The van der Waals surface area contributed by atoms with Crippen LogP contribution in [0.2, 0.25) is 0 Å². The molecule has 0 bridgehead atoms. The highest BCUT2D eigenvalue weighted by Gasteiger charge is 2.20. The van der Waals surface area contributed by atoms with Crippen molar-refractivity contribution < 1.29 is 19.1 Å². The Morgan fingerprint density at radius 2 is 1.84 bits per heavy atom. The fraction of sp³-hybridized carbons (Fsp3) is 0.375. The van der Waals surface area contributed by atoms with Crippen LogP contribution < -0.4 is 16.0 Å². The summed E-state index contributed by atoms with van der Waals surface area (Å²) in [5, 5.41) is 8.53. The lowest BCUT2D eigenvalue weighted by molar-refractivity contribution is -0.120. The second-order valence-corrected chi connectivity index (χ2v) is 7.81. The molecule has 2 atom stereocenters. The van der Waals surface area contributed by atoms with Crippen LogP contribution in [0.15, 0.2) is 48.5 Å². The van der Waals surface area contributed by atoms with Crippen molar-refractivity contribution in [3.05, 3.63) is 65.2 Å². The lowest BCUT2D eigenvalue weighted by Gasteiger charge is -2.19. The largest absolute Gasteiger partial charge is 0.376 e. The Morgan fingerprint density at radius 1 is 1.10 bits per heavy atom. The van der Waals surface area contributed by atoms with Crippen LogP contribution in [0.3, 0.4) is 0 Å². The summed E-state index contributed by atoms with van der Waals surface area (Å²) in [4.78, 5) is 37.1. The summed E-state index contributed by atoms with van der Waals surface area (Å²) >= 11 is 0. The van der Waals surface area contributed by atoms with Crippen molar-refractivity contribution in [2.45, 2.75) is 45.3 Å². The zero-order valence-electron chi connectivity index (χ0n) is 17.9. The van der Waals surface area contributed by atoms with Crippen molar-refractivity contribution in [1.82, 2.24) is 10.6 Å². The first-order valence-electron chi connectivity index (χ1n) is 10.5. The minimum absolute atomic E-state index is 0.0404. The predicted molar refractivity (Wildman–Crippen MR) is 119 cm³/mol. The molecule has 2 aromatic rings. The summed E-state index contributed by atoms with van der Waals surface area (Å²) in [6.45, 7) is 4.57. The van der Waals surface area contributed by atoms with Crippen molar-refractivity contribution in [1.29, 1.82) is 0 Å². The van der Waals surface area contributed by atoms with Gasteiger partial charge in [-0.25, -0.2) is 0 Å². The van der Waals surface area contributed by atoms with Crippen LogP contribution in [0.5, 0.6) is 0 Å². The Morgan fingerprint density at radius 3 is 2.52 bits per heavy atom. The molecule has 164 valence electrons. The smallest absolute Gasteiger partial charge is 0.253 e. The van der Waals surface area contributed by atoms with Crippen LogP contribution in [-0.2, 0) is 14.3 Å².